The molecule has 3 rings (SSSR count). The molecule has 0 aliphatic rings. The van der Waals surface area contributed by atoms with Crippen LogP contribution in [0.15, 0.2) is 47.1 Å². The summed E-state index contributed by atoms with van der Waals surface area (Å²) in [4.78, 5) is 28.9. The number of halogens is 2. The summed E-state index contributed by atoms with van der Waals surface area (Å²) in [6.45, 7) is 2.13. The second-order valence-electron chi connectivity index (χ2n) is 7.06. The minimum Gasteiger partial charge on any atom is -0.465 e. The second-order valence-corrected chi connectivity index (χ2v) is 7.88. The van der Waals surface area contributed by atoms with Crippen LogP contribution in [0.4, 0.5) is 10.5 Å². The summed E-state index contributed by atoms with van der Waals surface area (Å²) < 4.78 is 5.43. The average molecular weight is 477 g/mol. The maximum atomic E-state index is 12.4. The molecule has 1 atom stereocenters. The number of Topliss-reactive ketones (excluding diaryl/α,β-unsaturated/α-hetero) is 1. The van der Waals surface area contributed by atoms with Gasteiger partial charge in [0.2, 0.25) is 0 Å². The van der Waals surface area contributed by atoms with Gasteiger partial charge in [0.25, 0.3) is 0 Å². The molecule has 168 valence electrons. The van der Waals surface area contributed by atoms with Gasteiger partial charge >= 0.3 is 6.09 Å². The Morgan fingerprint density at radius 3 is 2.56 bits per heavy atom. The van der Waals surface area contributed by atoms with Crippen molar-refractivity contribution in [2.75, 3.05) is 18.9 Å². The molecule has 0 radical (unpaired) electrons. The Morgan fingerprint density at radius 1 is 1.19 bits per heavy atom. The highest BCUT2D eigenvalue weighted by atomic mass is 35.5. The van der Waals surface area contributed by atoms with Crippen LogP contribution in [0.25, 0.3) is 22.7 Å². The highest BCUT2D eigenvalue weighted by Crippen LogP contribution is 2.35. The van der Waals surface area contributed by atoms with Gasteiger partial charge in [0.05, 0.1) is 16.1 Å². The largest absolute Gasteiger partial charge is 0.465 e. The fraction of sp³-hybridized carbons (Fsp3) is 0.273. The van der Waals surface area contributed by atoms with Gasteiger partial charge in [0, 0.05) is 43.5 Å². The summed E-state index contributed by atoms with van der Waals surface area (Å²) in [5.41, 5.74) is 2.35. The third-order valence-corrected chi connectivity index (χ3v) is 5.60. The Bertz CT molecular complexity index is 1100. The van der Waals surface area contributed by atoms with Gasteiger partial charge in [-0.15, -0.1) is 0 Å². The van der Waals surface area contributed by atoms with E-state index in [4.69, 9.17) is 32.8 Å². The maximum Gasteiger partial charge on any atom is 0.407 e. The first-order valence-electron chi connectivity index (χ1n) is 9.91. The monoisotopic (exact) mass is 476 g/mol. The molecule has 0 saturated heterocycles. The van der Waals surface area contributed by atoms with Crippen LogP contribution < -0.4 is 5.32 Å². The molecule has 1 aromatic carbocycles. The lowest BCUT2D eigenvalue weighted by molar-refractivity contribution is -0.123. The van der Waals surface area contributed by atoms with Crippen LogP contribution in [0, 0.1) is 0 Å². The lowest BCUT2D eigenvalue weighted by Gasteiger charge is -2.23. The van der Waals surface area contributed by atoms with Gasteiger partial charge in [-0.1, -0.05) is 41.3 Å². The van der Waals surface area contributed by atoms with Crippen molar-refractivity contribution < 1.29 is 19.2 Å². The fourth-order valence-corrected chi connectivity index (χ4v) is 3.87. The third kappa shape index (κ3) is 5.38. The first kappa shape index (κ1) is 23.6. The van der Waals surface area contributed by atoms with Crippen molar-refractivity contribution in [3.63, 3.8) is 0 Å². The highest BCUT2D eigenvalue weighted by Gasteiger charge is 2.24. The van der Waals surface area contributed by atoms with Crippen LogP contribution in [0.5, 0.6) is 0 Å². The number of hydrogen-bond acceptors (Lipinski definition) is 6. The number of carbonyl (C=O) groups excluding carboxylic acids is 1. The average Bonchev–Trinajstić information content (AvgIpc) is 3.24. The zero-order valence-electron chi connectivity index (χ0n) is 17.5. The number of nitrogens with zero attached hydrogens (tertiary/aromatic N) is 3. The molecule has 2 N–H and O–H groups in total. The molecule has 32 heavy (non-hydrogen) atoms. The summed E-state index contributed by atoms with van der Waals surface area (Å²) in [5.74, 6) is 0.292. The lowest BCUT2D eigenvalue weighted by atomic mass is 10.1. The molecule has 3 aromatic rings. The van der Waals surface area contributed by atoms with Crippen LogP contribution in [-0.2, 0) is 4.79 Å². The normalized spacial score (nSPS) is 11.8. The van der Waals surface area contributed by atoms with Crippen molar-refractivity contribution in [3.8, 4) is 22.7 Å². The van der Waals surface area contributed by atoms with Gasteiger partial charge in [0.1, 0.15) is 11.4 Å². The second kappa shape index (κ2) is 10.5. The van der Waals surface area contributed by atoms with E-state index in [1.165, 1.54) is 7.05 Å². The Kier molecular flexibility index (Phi) is 7.71. The summed E-state index contributed by atoms with van der Waals surface area (Å²) in [6.07, 6.45) is 1.09. The standard InChI is InChI=1S/C22H22Cl2N4O4/c1-3-18(28(2)22(30)31)19(29)8-10-25-13-7-9-26-16(11-13)20-12-17(27-32-20)21-14(23)5-4-6-15(21)24/h4-7,9,11-12,18H,3,8,10H2,1-2H3,(H,25,26)(H,30,31). The summed E-state index contributed by atoms with van der Waals surface area (Å²) in [6, 6.07) is 9.76. The fourth-order valence-electron chi connectivity index (χ4n) is 3.28. The number of amides is 1. The van der Waals surface area contributed by atoms with Crippen LogP contribution in [-0.4, -0.2) is 51.7 Å². The number of pyridine rings is 1. The quantitative estimate of drug-likeness (QED) is 0.421. The molecule has 0 bridgehead atoms. The predicted molar refractivity (Wildman–Crippen MR) is 123 cm³/mol. The van der Waals surface area contributed by atoms with Gasteiger partial charge in [0.15, 0.2) is 11.5 Å². The van der Waals surface area contributed by atoms with E-state index >= 15 is 0 Å². The predicted octanol–water partition coefficient (Wildman–Crippen LogP) is 5.47. The number of benzene rings is 1. The number of ketones is 1. The molecule has 8 nitrogen and oxygen atoms in total. The zero-order valence-corrected chi connectivity index (χ0v) is 19.0. The van der Waals surface area contributed by atoms with Crippen molar-refractivity contribution in [1.29, 1.82) is 0 Å². The lowest BCUT2D eigenvalue weighted by Crippen LogP contribution is -2.41. The number of carbonyl (C=O) groups is 2. The number of rotatable bonds is 9. The SMILES string of the molecule is CCC(C(=O)CCNc1ccnc(-c2cc(-c3c(Cl)cccc3Cl)no2)c1)N(C)C(=O)O. The number of nitrogens with one attached hydrogen (secondary N) is 1. The van der Waals surface area contributed by atoms with E-state index in [1.54, 1.807) is 49.5 Å². The molecular weight excluding hydrogens is 455 g/mol. The Hall–Kier alpha value is -3.10. The van der Waals surface area contributed by atoms with Gasteiger partial charge < -0.3 is 19.8 Å². The van der Waals surface area contributed by atoms with Crippen LogP contribution in [0.3, 0.4) is 0 Å². The van der Waals surface area contributed by atoms with E-state index in [1.807, 2.05) is 0 Å². The summed E-state index contributed by atoms with van der Waals surface area (Å²) in [7, 11) is 1.40. The Balaban J connectivity index is 1.67. The maximum absolute atomic E-state index is 12.4. The molecule has 1 amide bonds. The van der Waals surface area contributed by atoms with E-state index in [9.17, 15) is 9.59 Å². The van der Waals surface area contributed by atoms with E-state index < -0.39 is 12.1 Å². The van der Waals surface area contributed by atoms with Gasteiger partial charge in [-0.3, -0.25) is 9.78 Å². The summed E-state index contributed by atoms with van der Waals surface area (Å²) in [5, 5.41) is 17.2. The third-order valence-electron chi connectivity index (χ3n) is 4.97. The molecule has 0 aliphatic heterocycles. The van der Waals surface area contributed by atoms with Crippen molar-refractivity contribution in [1.82, 2.24) is 15.0 Å². The van der Waals surface area contributed by atoms with Gasteiger partial charge in [-0.25, -0.2) is 4.79 Å². The Labute approximate surface area is 195 Å². The van der Waals surface area contributed by atoms with Gasteiger partial charge in [-0.2, -0.15) is 0 Å². The number of likely N-dealkylation sites (N-methyl/N-ethyl adjacent to an activating group) is 1. The minimum absolute atomic E-state index is 0.143. The smallest absolute Gasteiger partial charge is 0.407 e. The van der Waals surface area contributed by atoms with E-state index in [-0.39, 0.29) is 12.2 Å². The molecule has 2 aromatic heterocycles. The number of carboxylic acid groups (broad SMARTS) is 1. The van der Waals surface area contributed by atoms with E-state index in [2.05, 4.69) is 15.5 Å². The molecule has 0 spiro atoms. The zero-order chi connectivity index (χ0) is 23.3. The van der Waals surface area contributed by atoms with Crippen molar-refractivity contribution >= 4 is 40.8 Å². The molecule has 0 aliphatic carbocycles. The van der Waals surface area contributed by atoms with Gasteiger partial charge in [-0.05, 0) is 30.7 Å². The van der Waals surface area contributed by atoms with Crippen LogP contribution in [0.1, 0.15) is 19.8 Å². The van der Waals surface area contributed by atoms with E-state index in [0.717, 1.165) is 10.6 Å². The van der Waals surface area contributed by atoms with Crippen molar-refractivity contribution in [2.45, 2.75) is 25.8 Å². The van der Waals surface area contributed by atoms with Crippen molar-refractivity contribution in [2.24, 2.45) is 0 Å². The number of aromatic nitrogens is 2. The molecule has 2 heterocycles. The van der Waals surface area contributed by atoms with Crippen molar-refractivity contribution in [3.05, 3.63) is 52.6 Å². The number of anilines is 1. The van der Waals surface area contributed by atoms with E-state index in [0.29, 0.717) is 45.7 Å². The van der Waals surface area contributed by atoms with Crippen LogP contribution in [0.2, 0.25) is 10.0 Å². The molecule has 0 saturated carbocycles. The topological polar surface area (TPSA) is 109 Å². The summed E-state index contributed by atoms with van der Waals surface area (Å²) >= 11 is 12.5. The highest BCUT2D eigenvalue weighted by molar-refractivity contribution is 6.39. The molecule has 0 fully saturated rings. The molecular formula is C22H22Cl2N4O4. The molecule has 10 heteroatoms. The Morgan fingerprint density at radius 2 is 1.91 bits per heavy atom. The molecule has 1 unspecified atom stereocenters. The first-order chi connectivity index (χ1) is 15.3. The van der Waals surface area contributed by atoms with Crippen LogP contribution >= 0.6 is 23.2 Å². The number of hydrogen-bond donors (Lipinski definition) is 2. The minimum atomic E-state index is -1.12. The first-order valence-corrected chi connectivity index (χ1v) is 10.7.